The molecule has 0 bridgehead atoms. The number of ketones is 1. The number of carbonyl (C=O) groups excluding carboxylic acids is 1. The quantitative estimate of drug-likeness (QED) is 0.339. The summed E-state index contributed by atoms with van der Waals surface area (Å²) < 4.78 is 13.2. The van der Waals surface area contributed by atoms with Crippen molar-refractivity contribution < 1.29 is 24.5 Å². The lowest BCUT2D eigenvalue weighted by molar-refractivity contribution is -0.280. The van der Waals surface area contributed by atoms with E-state index in [1.807, 2.05) is 0 Å². The number of aromatic nitrogens is 1. The molecule has 2 aliphatic heterocycles. The van der Waals surface area contributed by atoms with E-state index in [1.54, 1.807) is 13.8 Å². The molecule has 240 valence electrons. The third kappa shape index (κ3) is 3.39. The van der Waals surface area contributed by atoms with Crippen molar-refractivity contribution in [2.45, 2.75) is 148 Å². The molecule has 10 atom stereocenters. The van der Waals surface area contributed by atoms with Crippen LogP contribution in [-0.2, 0) is 27.7 Å². The molecule has 3 N–H and O–H groups in total. The van der Waals surface area contributed by atoms with E-state index in [0.717, 1.165) is 49.6 Å². The molecule has 1 aromatic heterocycles. The molecule has 0 amide bonds. The topological polar surface area (TPSA) is 91.8 Å². The average Bonchev–Trinajstić information content (AvgIpc) is 3.48. The van der Waals surface area contributed by atoms with E-state index < -0.39 is 17.3 Å². The lowest BCUT2D eigenvalue weighted by Gasteiger charge is -2.67. The summed E-state index contributed by atoms with van der Waals surface area (Å²) in [5, 5.41) is 24.0. The molecule has 6 aliphatic rings. The van der Waals surface area contributed by atoms with E-state index >= 15 is 0 Å². The maximum absolute atomic E-state index is 14.2. The normalized spacial score (nSPS) is 45.2. The van der Waals surface area contributed by atoms with Gasteiger partial charge >= 0.3 is 0 Å². The lowest BCUT2D eigenvalue weighted by atomic mass is 9.39. The highest BCUT2D eigenvalue weighted by Crippen LogP contribution is 2.71. The summed E-state index contributed by atoms with van der Waals surface area (Å²) in [6.07, 6.45) is 5.59. The summed E-state index contributed by atoms with van der Waals surface area (Å²) >= 11 is 0. The molecular formula is C38H53NO5. The predicted molar refractivity (Wildman–Crippen MR) is 171 cm³/mol. The van der Waals surface area contributed by atoms with Gasteiger partial charge in [0.2, 0.25) is 0 Å². The second-order valence-electron chi connectivity index (χ2n) is 18.0. The van der Waals surface area contributed by atoms with E-state index in [0.29, 0.717) is 18.3 Å². The largest absolute Gasteiger partial charge is 0.392 e. The molecule has 2 aromatic rings. The zero-order valence-corrected chi connectivity index (χ0v) is 28.3. The van der Waals surface area contributed by atoms with E-state index in [-0.39, 0.29) is 51.7 Å². The van der Waals surface area contributed by atoms with Crippen LogP contribution in [0.1, 0.15) is 122 Å². The molecule has 44 heavy (non-hydrogen) atoms. The fraction of sp³-hybridized carbons (Fsp3) is 0.763. The maximum atomic E-state index is 14.2. The standard InChI is InChI=1S/C38H53NO5/c1-33(2,42)28-18-26(40)37(8)25-13-10-19-16-22-29-21-17-23-30(35(5,6)44-34(23,3)4)31(41)20(21)11-12-24(29)39-32(22)38(19,9)36(25,7)15-14-27(37)43-28/h11-12,19,23,25-28,30,39-40,42H,10,13-18H2,1-9H3/t19?,23-,25?,26-,27?,28+,30+,36+,37-,38-/m1/s1. The SMILES string of the molecule is CC(C)(O)[C@@H]1C[C@@H](O)[C@]2(C)C(CC[C@@]3(C)C2CCC2Cc4c([nH]c5ccc6c(c45)C[C@@H]4[C@@H](C6=O)C(C)(C)OC4(C)C)[C@@]23C)O1. The zero-order valence-electron chi connectivity index (χ0n) is 28.3. The van der Waals surface area contributed by atoms with Crippen molar-refractivity contribution in [3.8, 4) is 0 Å². The molecule has 8 rings (SSSR count). The monoisotopic (exact) mass is 603 g/mol. The zero-order chi connectivity index (χ0) is 31.6. The Morgan fingerprint density at radius 2 is 1.68 bits per heavy atom. The van der Waals surface area contributed by atoms with E-state index in [1.165, 1.54) is 22.2 Å². The van der Waals surface area contributed by atoms with Gasteiger partial charge in [-0.1, -0.05) is 20.8 Å². The first-order valence-corrected chi connectivity index (χ1v) is 17.3. The molecule has 2 saturated heterocycles. The molecule has 3 heterocycles. The minimum absolute atomic E-state index is 0.0223. The van der Waals surface area contributed by atoms with Gasteiger partial charge in [-0.05, 0) is 121 Å². The van der Waals surface area contributed by atoms with Gasteiger partial charge in [0.25, 0.3) is 0 Å². The second-order valence-corrected chi connectivity index (χ2v) is 18.0. The van der Waals surface area contributed by atoms with Crippen LogP contribution in [0.5, 0.6) is 0 Å². The van der Waals surface area contributed by atoms with Gasteiger partial charge < -0.3 is 24.7 Å². The highest BCUT2D eigenvalue weighted by atomic mass is 16.5. The minimum atomic E-state index is -0.979. The highest BCUT2D eigenvalue weighted by molar-refractivity contribution is 6.06. The van der Waals surface area contributed by atoms with E-state index in [2.05, 4.69) is 65.6 Å². The summed E-state index contributed by atoms with van der Waals surface area (Å²) in [7, 11) is 0. The third-order valence-electron chi connectivity index (χ3n) is 14.9. The Hall–Kier alpha value is -1.73. The van der Waals surface area contributed by atoms with Gasteiger partial charge in [0.05, 0.1) is 41.0 Å². The van der Waals surface area contributed by atoms with Crippen molar-refractivity contribution in [3.05, 3.63) is 34.5 Å². The number of carbonyl (C=O) groups is 1. The predicted octanol–water partition coefficient (Wildman–Crippen LogP) is 6.66. The number of aliphatic hydroxyl groups is 2. The van der Waals surface area contributed by atoms with Gasteiger partial charge in [-0.2, -0.15) is 0 Å². The van der Waals surface area contributed by atoms with Crippen LogP contribution in [0, 0.1) is 34.5 Å². The molecule has 4 fully saturated rings. The molecular weight excluding hydrogens is 550 g/mol. The number of aliphatic hydroxyl groups excluding tert-OH is 1. The molecule has 6 heteroatoms. The fourth-order valence-corrected chi connectivity index (χ4v) is 12.5. The van der Waals surface area contributed by atoms with Gasteiger partial charge in [0, 0.05) is 45.3 Å². The summed E-state index contributed by atoms with van der Waals surface area (Å²) in [6.45, 7) is 19.4. The van der Waals surface area contributed by atoms with Crippen LogP contribution in [0.3, 0.4) is 0 Å². The van der Waals surface area contributed by atoms with Crippen molar-refractivity contribution in [2.24, 2.45) is 34.5 Å². The fourth-order valence-electron chi connectivity index (χ4n) is 12.5. The molecule has 2 saturated carbocycles. The van der Waals surface area contributed by atoms with Crippen LogP contribution >= 0.6 is 0 Å². The number of aromatic amines is 1. The number of fused-ring (bicyclic) bond motifs is 12. The molecule has 3 unspecified atom stereocenters. The summed E-state index contributed by atoms with van der Waals surface area (Å²) in [5.41, 5.74) is 3.83. The van der Waals surface area contributed by atoms with Gasteiger partial charge in [-0.25, -0.2) is 0 Å². The number of benzene rings is 1. The molecule has 0 spiro atoms. The summed E-state index contributed by atoms with van der Waals surface area (Å²) in [5.74, 6) is 1.11. The Morgan fingerprint density at radius 1 is 0.955 bits per heavy atom. The number of hydrogen-bond donors (Lipinski definition) is 3. The Morgan fingerprint density at radius 3 is 2.39 bits per heavy atom. The first kappa shape index (κ1) is 29.7. The van der Waals surface area contributed by atoms with Crippen LogP contribution in [-0.4, -0.2) is 56.1 Å². The maximum Gasteiger partial charge on any atom is 0.169 e. The van der Waals surface area contributed by atoms with Gasteiger partial charge in [-0.15, -0.1) is 0 Å². The lowest BCUT2D eigenvalue weighted by Crippen LogP contribution is -2.68. The second kappa shape index (κ2) is 8.59. The Balaban J connectivity index is 1.23. The van der Waals surface area contributed by atoms with Gasteiger partial charge in [-0.3, -0.25) is 4.79 Å². The van der Waals surface area contributed by atoms with Crippen LogP contribution < -0.4 is 0 Å². The highest BCUT2D eigenvalue weighted by Gasteiger charge is 2.70. The van der Waals surface area contributed by atoms with Gasteiger partial charge in [0.15, 0.2) is 5.78 Å². The summed E-state index contributed by atoms with van der Waals surface area (Å²) in [4.78, 5) is 18.2. The number of H-pyrrole nitrogens is 1. The van der Waals surface area contributed by atoms with Crippen LogP contribution in [0.15, 0.2) is 12.1 Å². The molecule has 1 aromatic carbocycles. The number of ether oxygens (including phenoxy) is 2. The number of Topliss-reactive ketones (excluding diaryl/α,β-unsaturated/α-hetero) is 1. The third-order valence-corrected chi connectivity index (χ3v) is 14.9. The van der Waals surface area contributed by atoms with Crippen LogP contribution in [0.25, 0.3) is 10.9 Å². The Kier molecular flexibility index (Phi) is 5.79. The van der Waals surface area contributed by atoms with Crippen molar-refractivity contribution in [1.29, 1.82) is 0 Å². The van der Waals surface area contributed by atoms with Gasteiger partial charge in [0.1, 0.15) is 0 Å². The number of rotatable bonds is 1. The first-order chi connectivity index (χ1) is 20.4. The average molecular weight is 604 g/mol. The first-order valence-electron chi connectivity index (χ1n) is 17.3. The van der Waals surface area contributed by atoms with Crippen molar-refractivity contribution in [2.75, 3.05) is 0 Å². The van der Waals surface area contributed by atoms with Crippen molar-refractivity contribution in [3.63, 3.8) is 0 Å². The van der Waals surface area contributed by atoms with Crippen LogP contribution in [0.4, 0.5) is 0 Å². The molecule has 0 radical (unpaired) electrons. The van der Waals surface area contributed by atoms with Crippen molar-refractivity contribution in [1.82, 2.24) is 4.98 Å². The number of nitrogens with one attached hydrogen (secondary N) is 1. The van der Waals surface area contributed by atoms with Crippen molar-refractivity contribution >= 4 is 16.7 Å². The van der Waals surface area contributed by atoms with E-state index in [9.17, 15) is 15.0 Å². The molecule has 6 nitrogen and oxygen atoms in total. The Bertz CT molecular complexity index is 1580. The number of hydrogen-bond acceptors (Lipinski definition) is 5. The minimum Gasteiger partial charge on any atom is -0.392 e. The van der Waals surface area contributed by atoms with Crippen LogP contribution in [0.2, 0.25) is 0 Å². The van der Waals surface area contributed by atoms with E-state index in [4.69, 9.17) is 9.47 Å². The molecule has 4 aliphatic carbocycles. The Labute approximate surface area is 262 Å². The smallest absolute Gasteiger partial charge is 0.169 e. The summed E-state index contributed by atoms with van der Waals surface area (Å²) in [6, 6.07) is 4.24.